The smallest absolute Gasteiger partial charge is 0.0949 e. The van der Waals surface area contributed by atoms with Crippen LogP contribution in [0.1, 0.15) is 39.3 Å². The minimum absolute atomic E-state index is 0.264. The van der Waals surface area contributed by atoms with Crippen LogP contribution in [0, 0.1) is 5.92 Å². The van der Waals surface area contributed by atoms with Gasteiger partial charge in [-0.3, -0.25) is 0 Å². The molecule has 0 bridgehead atoms. The lowest BCUT2D eigenvalue weighted by Gasteiger charge is -2.34. The number of imidazole rings is 1. The Hall–Kier alpha value is -0.870. The van der Waals surface area contributed by atoms with Crippen molar-refractivity contribution in [2.24, 2.45) is 5.92 Å². The molecule has 0 radical (unpaired) electrons. The van der Waals surface area contributed by atoms with Crippen LogP contribution >= 0.6 is 0 Å². The van der Waals surface area contributed by atoms with Crippen molar-refractivity contribution in [1.82, 2.24) is 14.9 Å². The first-order chi connectivity index (χ1) is 9.12. The summed E-state index contributed by atoms with van der Waals surface area (Å²) in [7, 11) is 0. The highest BCUT2D eigenvalue weighted by Crippen LogP contribution is 2.32. The molecule has 2 rings (SSSR count). The summed E-state index contributed by atoms with van der Waals surface area (Å²) in [5, 5.41) is 3.43. The minimum Gasteiger partial charge on any atom is -0.379 e. The van der Waals surface area contributed by atoms with E-state index in [4.69, 9.17) is 4.74 Å². The Morgan fingerprint density at radius 2 is 2.16 bits per heavy atom. The monoisotopic (exact) mass is 265 g/mol. The normalized spacial score (nSPS) is 18.9. The van der Waals surface area contributed by atoms with Crippen LogP contribution in [0.15, 0.2) is 12.5 Å². The average Bonchev–Trinajstić information content (AvgIpc) is 2.84. The molecule has 1 N–H and O–H groups in total. The summed E-state index contributed by atoms with van der Waals surface area (Å²) in [6.45, 7) is 11.4. The lowest BCUT2D eigenvalue weighted by molar-refractivity contribution is 0.102. The van der Waals surface area contributed by atoms with Gasteiger partial charge in [0.25, 0.3) is 0 Å². The quantitative estimate of drug-likeness (QED) is 0.801. The van der Waals surface area contributed by atoms with Gasteiger partial charge in [0.2, 0.25) is 0 Å². The van der Waals surface area contributed by atoms with Crippen LogP contribution in [0.4, 0.5) is 0 Å². The highest BCUT2D eigenvalue weighted by atomic mass is 16.5. The molecule has 4 nitrogen and oxygen atoms in total. The lowest BCUT2D eigenvalue weighted by atomic mass is 9.78. The molecule has 1 aromatic rings. The van der Waals surface area contributed by atoms with Gasteiger partial charge in [0.1, 0.15) is 0 Å². The van der Waals surface area contributed by atoms with Crippen molar-refractivity contribution in [2.75, 3.05) is 26.3 Å². The van der Waals surface area contributed by atoms with Crippen molar-refractivity contribution in [3.8, 4) is 0 Å². The molecule has 1 aliphatic rings. The first kappa shape index (κ1) is 14.5. The van der Waals surface area contributed by atoms with Crippen molar-refractivity contribution in [1.29, 1.82) is 0 Å². The fourth-order valence-electron chi connectivity index (χ4n) is 2.72. The zero-order chi connectivity index (χ0) is 13.7. The third-order valence-electron chi connectivity index (χ3n) is 3.97. The lowest BCUT2D eigenvalue weighted by Crippen LogP contribution is -2.39. The van der Waals surface area contributed by atoms with Gasteiger partial charge in [0, 0.05) is 30.5 Å². The van der Waals surface area contributed by atoms with E-state index in [2.05, 4.69) is 35.6 Å². The van der Waals surface area contributed by atoms with Crippen LogP contribution in [-0.2, 0) is 16.7 Å². The molecule has 1 aliphatic heterocycles. The summed E-state index contributed by atoms with van der Waals surface area (Å²) in [6, 6.07) is 0. The van der Waals surface area contributed by atoms with Gasteiger partial charge in [-0.1, -0.05) is 20.8 Å². The maximum atomic E-state index is 5.68. The van der Waals surface area contributed by atoms with Gasteiger partial charge in [0.15, 0.2) is 0 Å². The second-order valence-electron chi connectivity index (χ2n) is 6.25. The molecule has 19 heavy (non-hydrogen) atoms. The summed E-state index contributed by atoms with van der Waals surface area (Å²) in [4.78, 5) is 4.34. The standard InChI is InChI=1S/C15H27N3O/c1-13(2)11-19-9-8-18-12-17-10-14(18)15(3)4-6-16-7-5-15/h10,12-13,16H,4-9,11H2,1-3H3. The Bertz CT molecular complexity index is 380. The number of piperidine rings is 1. The van der Waals surface area contributed by atoms with E-state index in [1.54, 1.807) is 0 Å². The van der Waals surface area contributed by atoms with Crippen molar-refractivity contribution >= 4 is 0 Å². The fourth-order valence-corrected chi connectivity index (χ4v) is 2.72. The van der Waals surface area contributed by atoms with Gasteiger partial charge >= 0.3 is 0 Å². The van der Waals surface area contributed by atoms with Gasteiger partial charge < -0.3 is 14.6 Å². The zero-order valence-electron chi connectivity index (χ0n) is 12.5. The minimum atomic E-state index is 0.264. The second-order valence-corrected chi connectivity index (χ2v) is 6.25. The van der Waals surface area contributed by atoms with Crippen LogP contribution in [0.25, 0.3) is 0 Å². The Kier molecular flexibility index (Phi) is 4.99. The molecule has 0 saturated carbocycles. The van der Waals surface area contributed by atoms with E-state index < -0.39 is 0 Å². The van der Waals surface area contributed by atoms with Crippen LogP contribution in [0.5, 0.6) is 0 Å². The van der Waals surface area contributed by atoms with Crippen LogP contribution in [-0.4, -0.2) is 35.9 Å². The molecule has 1 aromatic heterocycles. The Morgan fingerprint density at radius 1 is 1.42 bits per heavy atom. The molecule has 1 fully saturated rings. The van der Waals surface area contributed by atoms with E-state index in [9.17, 15) is 0 Å². The van der Waals surface area contributed by atoms with E-state index in [0.29, 0.717) is 5.92 Å². The number of nitrogens with zero attached hydrogens (tertiary/aromatic N) is 2. The largest absolute Gasteiger partial charge is 0.379 e. The van der Waals surface area contributed by atoms with E-state index in [1.165, 1.54) is 18.5 Å². The molecule has 0 aliphatic carbocycles. The number of nitrogens with one attached hydrogen (secondary N) is 1. The molecule has 0 atom stereocenters. The molecule has 0 unspecified atom stereocenters. The van der Waals surface area contributed by atoms with Gasteiger partial charge in [0.05, 0.1) is 12.9 Å². The maximum Gasteiger partial charge on any atom is 0.0949 e. The SMILES string of the molecule is CC(C)COCCn1cncc1C1(C)CCNCC1. The molecule has 108 valence electrons. The molecule has 0 spiro atoms. The molecule has 0 aromatic carbocycles. The predicted octanol–water partition coefficient (Wildman–Crippen LogP) is 2.20. The molecule has 1 saturated heterocycles. The molecule has 4 heteroatoms. The Balaban J connectivity index is 1.93. The van der Waals surface area contributed by atoms with E-state index in [-0.39, 0.29) is 5.41 Å². The van der Waals surface area contributed by atoms with E-state index in [0.717, 1.165) is 32.8 Å². The summed E-state index contributed by atoms with van der Waals surface area (Å²) >= 11 is 0. The number of hydrogen-bond acceptors (Lipinski definition) is 3. The summed E-state index contributed by atoms with van der Waals surface area (Å²) in [5.41, 5.74) is 1.63. The Labute approximate surface area is 116 Å². The van der Waals surface area contributed by atoms with Crippen molar-refractivity contribution in [3.05, 3.63) is 18.2 Å². The Morgan fingerprint density at radius 3 is 2.84 bits per heavy atom. The predicted molar refractivity (Wildman–Crippen MR) is 77.3 cm³/mol. The molecular formula is C15H27N3O. The van der Waals surface area contributed by atoms with Gasteiger partial charge in [-0.2, -0.15) is 0 Å². The molecule has 2 heterocycles. The summed E-state index contributed by atoms with van der Waals surface area (Å²) in [6.07, 6.45) is 6.35. The summed E-state index contributed by atoms with van der Waals surface area (Å²) < 4.78 is 7.95. The molecule has 0 amide bonds. The highest BCUT2D eigenvalue weighted by Gasteiger charge is 2.31. The first-order valence-electron chi connectivity index (χ1n) is 7.41. The van der Waals surface area contributed by atoms with Crippen molar-refractivity contribution < 1.29 is 4.74 Å². The average molecular weight is 265 g/mol. The van der Waals surface area contributed by atoms with Gasteiger partial charge in [-0.25, -0.2) is 4.98 Å². The van der Waals surface area contributed by atoms with Crippen molar-refractivity contribution in [3.63, 3.8) is 0 Å². The third-order valence-corrected chi connectivity index (χ3v) is 3.97. The number of aromatic nitrogens is 2. The maximum absolute atomic E-state index is 5.68. The van der Waals surface area contributed by atoms with Crippen LogP contribution < -0.4 is 5.32 Å². The third kappa shape index (κ3) is 3.80. The molecular weight excluding hydrogens is 238 g/mol. The van der Waals surface area contributed by atoms with E-state index >= 15 is 0 Å². The van der Waals surface area contributed by atoms with Gasteiger partial charge in [-0.15, -0.1) is 0 Å². The zero-order valence-corrected chi connectivity index (χ0v) is 12.5. The van der Waals surface area contributed by atoms with E-state index in [1.807, 2.05) is 12.5 Å². The number of hydrogen-bond donors (Lipinski definition) is 1. The fraction of sp³-hybridized carbons (Fsp3) is 0.800. The van der Waals surface area contributed by atoms with Crippen LogP contribution in [0.2, 0.25) is 0 Å². The second kappa shape index (κ2) is 6.53. The summed E-state index contributed by atoms with van der Waals surface area (Å²) in [5.74, 6) is 0.601. The number of rotatable bonds is 6. The topological polar surface area (TPSA) is 39.1 Å². The number of ether oxygens (including phenoxy) is 1. The highest BCUT2D eigenvalue weighted by molar-refractivity contribution is 5.15. The van der Waals surface area contributed by atoms with Crippen molar-refractivity contribution in [2.45, 2.75) is 45.6 Å². The first-order valence-corrected chi connectivity index (χ1v) is 7.41. The van der Waals surface area contributed by atoms with Crippen LogP contribution in [0.3, 0.4) is 0 Å². The van der Waals surface area contributed by atoms with Gasteiger partial charge in [-0.05, 0) is 31.8 Å².